The van der Waals surface area contributed by atoms with E-state index in [1.165, 1.54) is 6.33 Å². The molecule has 0 saturated carbocycles. The number of aromatic nitrogens is 2. The van der Waals surface area contributed by atoms with E-state index < -0.39 is 9.84 Å². The quantitative estimate of drug-likeness (QED) is 0.841. The molecular weight excluding hydrogens is 264 g/mol. The molecule has 1 fully saturated rings. The molecule has 6 nitrogen and oxygen atoms in total. The lowest BCUT2D eigenvalue weighted by Gasteiger charge is -2.16. The van der Waals surface area contributed by atoms with Crippen LogP contribution in [0.1, 0.15) is 25.8 Å². The summed E-state index contributed by atoms with van der Waals surface area (Å²) in [6.07, 6.45) is 2.94. The highest BCUT2D eigenvalue weighted by Crippen LogP contribution is 2.23. The Balaban J connectivity index is 2.18. The van der Waals surface area contributed by atoms with Crippen molar-refractivity contribution >= 4 is 21.5 Å². The molecule has 106 valence electrons. The van der Waals surface area contributed by atoms with Crippen LogP contribution in [0.2, 0.25) is 0 Å². The van der Waals surface area contributed by atoms with Crippen LogP contribution in [0, 0.1) is 0 Å². The second-order valence-electron chi connectivity index (χ2n) is 4.68. The first-order valence-electron chi connectivity index (χ1n) is 6.60. The summed E-state index contributed by atoms with van der Waals surface area (Å²) in [6.45, 7) is 4.84. The molecule has 1 atom stereocenters. The fraction of sp³-hybridized carbons (Fsp3) is 0.667. The van der Waals surface area contributed by atoms with Crippen molar-refractivity contribution in [3.8, 4) is 0 Å². The van der Waals surface area contributed by atoms with Gasteiger partial charge in [0.2, 0.25) is 0 Å². The Hall–Kier alpha value is -1.37. The Kier molecular flexibility index (Phi) is 4.24. The molecule has 1 saturated heterocycles. The SMILES string of the molecule is CCNc1ncnc(NC2CCS(=O)(=O)C2)c1CC. The number of anilines is 2. The van der Waals surface area contributed by atoms with Crippen LogP contribution in [0.4, 0.5) is 11.6 Å². The van der Waals surface area contributed by atoms with Crippen LogP contribution in [-0.4, -0.2) is 42.5 Å². The second kappa shape index (κ2) is 5.73. The van der Waals surface area contributed by atoms with Crippen molar-refractivity contribution in [1.29, 1.82) is 0 Å². The zero-order valence-electron chi connectivity index (χ0n) is 11.3. The van der Waals surface area contributed by atoms with Crippen LogP contribution < -0.4 is 10.6 Å². The average Bonchev–Trinajstić information content (AvgIpc) is 2.69. The van der Waals surface area contributed by atoms with E-state index in [1.807, 2.05) is 13.8 Å². The largest absolute Gasteiger partial charge is 0.370 e. The van der Waals surface area contributed by atoms with Crippen molar-refractivity contribution in [3.63, 3.8) is 0 Å². The highest BCUT2D eigenvalue weighted by molar-refractivity contribution is 7.91. The minimum atomic E-state index is -2.88. The van der Waals surface area contributed by atoms with Crippen LogP contribution in [0.15, 0.2) is 6.33 Å². The average molecular weight is 284 g/mol. The summed E-state index contributed by atoms with van der Waals surface area (Å²) in [5, 5.41) is 6.44. The van der Waals surface area contributed by atoms with Crippen LogP contribution in [0.5, 0.6) is 0 Å². The summed E-state index contributed by atoms with van der Waals surface area (Å²) >= 11 is 0. The van der Waals surface area contributed by atoms with Crippen molar-refractivity contribution in [3.05, 3.63) is 11.9 Å². The third-order valence-corrected chi connectivity index (χ3v) is 4.98. The lowest BCUT2D eigenvalue weighted by atomic mass is 10.2. The first-order valence-corrected chi connectivity index (χ1v) is 8.42. The van der Waals surface area contributed by atoms with Gasteiger partial charge in [-0.2, -0.15) is 0 Å². The first-order chi connectivity index (χ1) is 9.05. The molecule has 0 aliphatic carbocycles. The van der Waals surface area contributed by atoms with E-state index in [4.69, 9.17) is 0 Å². The van der Waals surface area contributed by atoms with Gasteiger partial charge in [-0.05, 0) is 19.8 Å². The summed E-state index contributed by atoms with van der Waals surface area (Å²) in [5.41, 5.74) is 1.01. The standard InChI is InChI=1S/C12H20N4O2S/c1-3-10-11(13-4-2)14-8-15-12(10)16-9-5-6-19(17,18)7-9/h8-9H,3-7H2,1-2H3,(H2,13,14,15,16). The predicted octanol–water partition coefficient (Wildman–Crippen LogP) is 1.07. The van der Waals surface area contributed by atoms with E-state index in [-0.39, 0.29) is 17.5 Å². The van der Waals surface area contributed by atoms with Crippen LogP contribution >= 0.6 is 0 Å². The van der Waals surface area contributed by atoms with Gasteiger partial charge < -0.3 is 10.6 Å². The fourth-order valence-electron chi connectivity index (χ4n) is 2.29. The van der Waals surface area contributed by atoms with Crippen LogP contribution in [0.3, 0.4) is 0 Å². The molecule has 1 aliphatic rings. The number of hydrogen-bond donors (Lipinski definition) is 2. The minimum absolute atomic E-state index is 0.0420. The van der Waals surface area contributed by atoms with E-state index in [2.05, 4.69) is 20.6 Å². The molecular formula is C12H20N4O2S. The molecule has 7 heteroatoms. The normalized spacial score (nSPS) is 21.3. The Morgan fingerprint density at radius 1 is 1.32 bits per heavy atom. The van der Waals surface area contributed by atoms with Gasteiger partial charge in [0.1, 0.15) is 18.0 Å². The number of sulfone groups is 1. The maximum Gasteiger partial charge on any atom is 0.152 e. The van der Waals surface area contributed by atoms with Gasteiger partial charge in [-0.1, -0.05) is 6.92 Å². The molecule has 1 aromatic heterocycles. The molecule has 2 heterocycles. The van der Waals surface area contributed by atoms with Crippen molar-refractivity contribution in [2.24, 2.45) is 0 Å². The van der Waals surface area contributed by atoms with Crippen molar-refractivity contribution < 1.29 is 8.42 Å². The predicted molar refractivity (Wildman–Crippen MR) is 76.3 cm³/mol. The zero-order chi connectivity index (χ0) is 13.9. The Morgan fingerprint density at radius 2 is 2.05 bits per heavy atom. The van der Waals surface area contributed by atoms with Gasteiger partial charge in [0.15, 0.2) is 9.84 Å². The molecule has 0 amide bonds. The third kappa shape index (κ3) is 3.34. The molecule has 1 aromatic rings. The Bertz CT molecular complexity index is 545. The van der Waals surface area contributed by atoms with E-state index in [0.29, 0.717) is 6.42 Å². The summed E-state index contributed by atoms with van der Waals surface area (Å²) in [7, 11) is -2.88. The van der Waals surface area contributed by atoms with Crippen LogP contribution in [0.25, 0.3) is 0 Å². The highest BCUT2D eigenvalue weighted by Gasteiger charge is 2.28. The van der Waals surface area contributed by atoms with Crippen molar-refractivity contribution in [2.75, 3.05) is 28.7 Å². The van der Waals surface area contributed by atoms with Gasteiger partial charge in [0.05, 0.1) is 11.5 Å². The van der Waals surface area contributed by atoms with E-state index in [9.17, 15) is 8.42 Å². The summed E-state index contributed by atoms with van der Waals surface area (Å²) < 4.78 is 22.9. The van der Waals surface area contributed by atoms with Gasteiger partial charge >= 0.3 is 0 Å². The highest BCUT2D eigenvalue weighted by atomic mass is 32.2. The number of rotatable bonds is 5. The van der Waals surface area contributed by atoms with Crippen molar-refractivity contribution in [2.45, 2.75) is 32.7 Å². The van der Waals surface area contributed by atoms with E-state index in [0.717, 1.165) is 30.2 Å². The minimum Gasteiger partial charge on any atom is -0.370 e. The topological polar surface area (TPSA) is 84.0 Å². The molecule has 0 aromatic carbocycles. The zero-order valence-corrected chi connectivity index (χ0v) is 12.1. The van der Waals surface area contributed by atoms with E-state index >= 15 is 0 Å². The monoisotopic (exact) mass is 284 g/mol. The lowest BCUT2D eigenvalue weighted by molar-refractivity contribution is 0.602. The van der Waals surface area contributed by atoms with Gasteiger partial charge in [-0.3, -0.25) is 0 Å². The van der Waals surface area contributed by atoms with Gasteiger partial charge in [-0.15, -0.1) is 0 Å². The van der Waals surface area contributed by atoms with Gasteiger partial charge in [0, 0.05) is 18.2 Å². The maximum atomic E-state index is 11.5. The van der Waals surface area contributed by atoms with E-state index in [1.54, 1.807) is 0 Å². The van der Waals surface area contributed by atoms with Gasteiger partial charge in [0.25, 0.3) is 0 Å². The maximum absolute atomic E-state index is 11.5. The summed E-state index contributed by atoms with van der Waals surface area (Å²) in [5.74, 6) is 2.02. The molecule has 1 unspecified atom stereocenters. The molecule has 2 N–H and O–H groups in total. The van der Waals surface area contributed by atoms with Crippen LogP contribution in [-0.2, 0) is 16.3 Å². The number of nitrogens with zero attached hydrogens (tertiary/aromatic N) is 2. The molecule has 0 radical (unpaired) electrons. The molecule has 0 bridgehead atoms. The van der Waals surface area contributed by atoms with Crippen molar-refractivity contribution in [1.82, 2.24) is 9.97 Å². The van der Waals surface area contributed by atoms with Gasteiger partial charge in [-0.25, -0.2) is 18.4 Å². The smallest absolute Gasteiger partial charge is 0.152 e. The summed E-state index contributed by atoms with van der Waals surface area (Å²) in [6, 6.07) is -0.0420. The molecule has 1 aliphatic heterocycles. The number of hydrogen-bond acceptors (Lipinski definition) is 6. The fourth-order valence-corrected chi connectivity index (χ4v) is 3.97. The molecule has 19 heavy (non-hydrogen) atoms. The third-order valence-electron chi connectivity index (χ3n) is 3.22. The first kappa shape index (κ1) is 14.0. The lowest BCUT2D eigenvalue weighted by Crippen LogP contribution is -2.22. The Labute approximate surface area is 114 Å². The molecule has 0 spiro atoms. The summed E-state index contributed by atoms with van der Waals surface area (Å²) in [4.78, 5) is 8.47. The number of nitrogens with one attached hydrogen (secondary N) is 2. The Morgan fingerprint density at radius 3 is 2.63 bits per heavy atom. The second-order valence-corrected chi connectivity index (χ2v) is 6.91. The molecule has 2 rings (SSSR count).